The van der Waals surface area contributed by atoms with E-state index in [0.29, 0.717) is 5.82 Å². The third-order valence-corrected chi connectivity index (χ3v) is 4.35. The van der Waals surface area contributed by atoms with Crippen molar-refractivity contribution in [3.8, 4) is 17.1 Å². The van der Waals surface area contributed by atoms with E-state index in [0.717, 1.165) is 38.2 Å². The van der Waals surface area contributed by atoms with Crippen LogP contribution in [-0.4, -0.2) is 24.1 Å². The van der Waals surface area contributed by atoms with E-state index in [-0.39, 0.29) is 0 Å². The number of aryl methyl sites for hydroxylation is 1. The number of nitrogens with one attached hydrogen (secondary N) is 1. The molecule has 0 aliphatic carbocycles. The molecule has 4 nitrogen and oxygen atoms in total. The minimum absolute atomic E-state index is 0.692. The Morgan fingerprint density at radius 1 is 1.25 bits per heavy atom. The van der Waals surface area contributed by atoms with E-state index in [1.165, 1.54) is 0 Å². The van der Waals surface area contributed by atoms with Crippen molar-refractivity contribution in [2.75, 3.05) is 19.5 Å². The molecule has 1 heterocycles. The Kier molecular flexibility index (Phi) is 4.99. The Morgan fingerprint density at radius 3 is 2.55 bits per heavy atom. The molecular weight excluding hydrogens is 386 g/mol. The lowest BCUT2D eigenvalue weighted by atomic mass is 10.2. The molecule has 1 N–H and O–H groups in total. The molecule has 0 saturated heterocycles. The van der Waals surface area contributed by atoms with Crippen molar-refractivity contribution in [3.63, 3.8) is 0 Å². The molecule has 0 spiro atoms. The largest absolute Gasteiger partial charge is 0.496 e. The van der Waals surface area contributed by atoms with Crippen molar-refractivity contribution in [2.24, 2.45) is 0 Å². The van der Waals surface area contributed by atoms with Crippen LogP contribution in [0.1, 0.15) is 12.6 Å². The fraction of sp³-hybridized carbons (Fsp3) is 0.286. The first-order valence-electron chi connectivity index (χ1n) is 6.18. The molecule has 2 aromatic rings. The normalized spacial score (nSPS) is 10.4. The quantitative estimate of drug-likeness (QED) is 0.831. The zero-order valence-corrected chi connectivity index (χ0v) is 14.7. The number of halogens is 2. The van der Waals surface area contributed by atoms with Crippen molar-refractivity contribution in [1.29, 1.82) is 0 Å². The molecule has 0 bridgehead atoms. The van der Waals surface area contributed by atoms with Gasteiger partial charge in [-0.05, 0) is 56.5 Å². The Balaban J connectivity index is 2.54. The van der Waals surface area contributed by atoms with Crippen LogP contribution in [0.5, 0.6) is 5.75 Å². The molecule has 0 radical (unpaired) electrons. The fourth-order valence-electron chi connectivity index (χ4n) is 1.83. The summed E-state index contributed by atoms with van der Waals surface area (Å²) in [5, 5.41) is 3.08. The molecule has 0 fully saturated rings. The fourth-order valence-corrected chi connectivity index (χ4v) is 3.02. The predicted octanol–water partition coefficient (Wildman–Crippen LogP) is 4.28. The highest BCUT2D eigenvalue weighted by Crippen LogP contribution is 2.31. The Bertz CT molecular complexity index is 607. The summed E-state index contributed by atoms with van der Waals surface area (Å²) >= 11 is 7.01. The van der Waals surface area contributed by atoms with Crippen LogP contribution < -0.4 is 10.1 Å². The number of anilines is 1. The molecule has 0 aliphatic rings. The minimum Gasteiger partial charge on any atom is -0.496 e. The van der Waals surface area contributed by atoms with E-state index >= 15 is 0 Å². The van der Waals surface area contributed by atoms with Crippen LogP contribution >= 0.6 is 31.9 Å². The third-order valence-electron chi connectivity index (χ3n) is 2.90. The summed E-state index contributed by atoms with van der Waals surface area (Å²) in [4.78, 5) is 9.14. The Labute approximate surface area is 135 Å². The van der Waals surface area contributed by atoms with Crippen molar-refractivity contribution in [3.05, 3.63) is 32.8 Å². The Hall–Kier alpha value is -1.14. The molecule has 0 saturated carbocycles. The molecule has 20 heavy (non-hydrogen) atoms. The van der Waals surface area contributed by atoms with Gasteiger partial charge in [0.1, 0.15) is 11.6 Å². The lowest BCUT2D eigenvalue weighted by Gasteiger charge is -2.11. The first kappa shape index (κ1) is 15.3. The van der Waals surface area contributed by atoms with E-state index in [2.05, 4.69) is 54.1 Å². The van der Waals surface area contributed by atoms with Crippen molar-refractivity contribution >= 4 is 37.7 Å². The SMILES string of the molecule is CCc1nc(-c2ccc(OC)c(Br)c2)nc(NC)c1Br. The second kappa shape index (κ2) is 6.54. The average molecular weight is 401 g/mol. The first-order chi connectivity index (χ1) is 9.60. The molecule has 1 aromatic carbocycles. The summed E-state index contributed by atoms with van der Waals surface area (Å²) in [5.74, 6) is 2.27. The molecule has 0 atom stereocenters. The van der Waals surface area contributed by atoms with E-state index in [9.17, 15) is 0 Å². The summed E-state index contributed by atoms with van der Waals surface area (Å²) in [6.07, 6.45) is 0.835. The average Bonchev–Trinajstić information content (AvgIpc) is 2.47. The molecule has 106 valence electrons. The second-order valence-electron chi connectivity index (χ2n) is 4.11. The topological polar surface area (TPSA) is 47.0 Å². The maximum atomic E-state index is 5.24. The molecule has 0 unspecified atom stereocenters. The van der Waals surface area contributed by atoms with Crippen molar-refractivity contribution in [2.45, 2.75) is 13.3 Å². The van der Waals surface area contributed by atoms with Gasteiger partial charge in [-0.25, -0.2) is 9.97 Å². The van der Waals surface area contributed by atoms with Gasteiger partial charge in [0, 0.05) is 12.6 Å². The van der Waals surface area contributed by atoms with Gasteiger partial charge in [-0.1, -0.05) is 6.92 Å². The van der Waals surface area contributed by atoms with E-state index < -0.39 is 0 Å². The molecule has 1 aromatic heterocycles. The number of hydrogen-bond donors (Lipinski definition) is 1. The number of rotatable bonds is 4. The highest BCUT2D eigenvalue weighted by Gasteiger charge is 2.12. The molecular formula is C14H15Br2N3O. The summed E-state index contributed by atoms with van der Waals surface area (Å²) in [5.41, 5.74) is 1.92. The number of ether oxygens (including phenoxy) is 1. The highest BCUT2D eigenvalue weighted by atomic mass is 79.9. The van der Waals surface area contributed by atoms with Crippen LogP contribution in [0, 0.1) is 0 Å². The summed E-state index contributed by atoms with van der Waals surface area (Å²) < 4.78 is 7.04. The number of hydrogen-bond acceptors (Lipinski definition) is 4. The van der Waals surface area contributed by atoms with Crippen LogP contribution in [0.15, 0.2) is 27.1 Å². The second-order valence-corrected chi connectivity index (χ2v) is 5.76. The van der Waals surface area contributed by atoms with Gasteiger partial charge >= 0.3 is 0 Å². The van der Waals surface area contributed by atoms with Gasteiger partial charge in [0.15, 0.2) is 5.82 Å². The van der Waals surface area contributed by atoms with Crippen molar-refractivity contribution < 1.29 is 4.74 Å². The molecule has 6 heteroatoms. The Morgan fingerprint density at radius 2 is 2.00 bits per heavy atom. The third kappa shape index (κ3) is 2.96. The van der Waals surface area contributed by atoms with Gasteiger partial charge in [0.2, 0.25) is 0 Å². The van der Waals surface area contributed by atoms with Crippen LogP contribution in [0.25, 0.3) is 11.4 Å². The van der Waals surface area contributed by atoms with Gasteiger partial charge in [-0.3, -0.25) is 0 Å². The van der Waals surface area contributed by atoms with E-state index in [1.54, 1.807) is 7.11 Å². The lowest BCUT2D eigenvalue weighted by Crippen LogP contribution is -2.02. The predicted molar refractivity (Wildman–Crippen MR) is 88.3 cm³/mol. The molecule has 0 amide bonds. The van der Waals surface area contributed by atoms with Crippen molar-refractivity contribution in [1.82, 2.24) is 9.97 Å². The minimum atomic E-state index is 0.692. The van der Waals surface area contributed by atoms with Gasteiger partial charge in [-0.15, -0.1) is 0 Å². The summed E-state index contributed by atoms with van der Waals surface area (Å²) in [6, 6.07) is 5.81. The molecule has 0 aliphatic heterocycles. The zero-order valence-electron chi connectivity index (χ0n) is 11.5. The first-order valence-corrected chi connectivity index (χ1v) is 7.77. The summed E-state index contributed by atoms with van der Waals surface area (Å²) in [7, 11) is 3.49. The van der Waals surface area contributed by atoms with Crippen LogP contribution in [0.2, 0.25) is 0 Å². The van der Waals surface area contributed by atoms with Gasteiger partial charge < -0.3 is 10.1 Å². The smallest absolute Gasteiger partial charge is 0.161 e. The maximum absolute atomic E-state index is 5.24. The number of nitrogens with zero attached hydrogens (tertiary/aromatic N) is 2. The van der Waals surface area contributed by atoms with Gasteiger partial charge in [0.05, 0.1) is 21.7 Å². The number of methoxy groups -OCH3 is 1. The standard InChI is InChI=1S/C14H15Br2N3O/c1-4-10-12(16)14(17-2)19-13(18-10)8-5-6-11(20-3)9(15)7-8/h5-7H,4H2,1-3H3,(H,17,18,19). The van der Waals surface area contributed by atoms with Gasteiger partial charge in [-0.2, -0.15) is 0 Å². The lowest BCUT2D eigenvalue weighted by molar-refractivity contribution is 0.412. The van der Waals surface area contributed by atoms with Crippen LogP contribution in [0.3, 0.4) is 0 Å². The monoisotopic (exact) mass is 399 g/mol. The van der Waals surface area contributed by atoms with E-state index in [1.807, 2.05) is 25.2 Å². The number of benzene rings is 1. The highest BCUT2D eigenvalue weighted by molar-refractivity contribution is 9.11. The molecule has 2 rings (SSSR count). The van der Waals surface area contributed by atoms with E-state index in [4.69, 9.17) is 4.74 Å². The summed E-state index contributed by atoms with van der Waals surface area (Å²) in [6.45, 7) is 2.07. The maximum Gasteiger partial charge on any atom is 0.161 e. The zero-order chi connectivity index (χ0) is 14.7. The van der Waals surface area contributed by atoms with Crippen LogP contribution in [0.4, 0.5) is 5.82 Å². The number of aromatic nitrogens is 2. The van der Waals surface area contributed by atoms with Gasteiger partial charge in [0.25, 0.3) is 0 Å². The van der Waals surface area contributed by atoms with Crippen LogP contribution in [-0.2, 0) is 6.42 Å².